The van der Waals surface area contributed by atoms with Gasteiger partial charge in [0.2, 0.25) is 5.91 Å². The van der Waals surface area contributed by atoms with Gasteiger partial charge >= 0.3 is 24.4 Å². The maximum atomic E-state index is 13.4. The third kappa shape index (κ3) is 9.21. The Morgan fingerprint density at radius 1 is 1.21 bits per heavy atom. The van der Waals surface area contributed by atoms with Crippen LogP contribution in [0.2, 0.25) is 5.02 Å². The summed E-state index contributed by atoms with van der Waals surface area (Å²) >= 11 is 5.82. The molecule has 1 aromatic heterocycles. The first-order valence-electron chi connectivity index (χ1n) is 13.4. The normalized spacial score (nSPS) is 17.3. The van der Waals surface area contributed by atoms with E-state index in [2.05, 4.69) is 22.1 Å². The van der Waals surface area contributed by atoms with Gasteiger partial charge in [-0.05, 0) is 49.8 Å². The van der Waals surface area contributed by atoms with Gasteiger partial charge in [0.1, 0.15) is 5.75 Å². The second kappa shape index (κ2) is 15.1. The van der Waals surface area contributed by atoms with E-state index in [9.17, 15) is 31.5 Å². The molecule has 3 rings (SSSR count). The van der Waals surface area contributed by atoms with Crippen LogP contribution in [0, 0.1) is 11.3 Å². The first-order valence-corrected chi connectivity index (χ1v) is 14.4. The van der Waals surface area contributed by atoms with Crippen molar-refractivity contribution in [3.8, 4) is 17.0 Å². The third-order valence-electron chi connectivity index (χ3n) is 7.18. The molecule has 1 fully saturated rings. The van der Waals surface area contributed by atoms with E-state index in [1.54, 1.807) is 11.8 Å². The molecular formula is C27H34ClF5N4O5S. The first-order chi connectivity index (χ1) is 20.0. The van der Waals surface area contributed by atoms with E-state index in [-0.39, 0.29) is 58.3 Å². The second-order valence-electron chi connectivity index (χ2n) is 10.9. The quantitative estimate of drug-likeness (QED) is 0.349. The minimum Gasteiger partial charge on any atom is -0.434 e. The van der Waals surface area contributed by atoms with E-state index in [1.165, 1.54) is 23.7 Å². The van der Waals surface area contributed by atoms with Crippen LogP contribution in [0.25, 0.3) is 11.3 Å². The number of alkyl halides is 5. The topological polar surface area (TPSA) is 111 Å². The number of halogens is 6. The number of ether oxygens (including phenoxy) is 1. The molecule has 2 heterocycles. The number of rotatable bonds is 9. The Bertz CT molecular complexity index is 1330. The molecule has 0 unspecified atom stereocenters. The molecule has 2 aromatic rings. The zero-order valence-corrected chi connectivity index (χ0v) is 25.8. The lowest BCUT2D eigenvalue weighted by Gasteiger charge is -2.38. The molecule has 0 bridgehead atoms. The van der Waals surface area contributed by atoms with Gasteiger partial charge < -0.3 is 15.0 Å². The van der Waals surface area contributed by atoms with Crippen LogP contribution in [0.15, 0.2) is 18.2 Å². The van der Waals surface area contributed by atoms with Gasteiger partial charge in [-0.3, -0.25) is 14.3 Å². The summed E-state index contributed by atoms with van der Waals surface area (Å²) in [6.45, 7) is 5.00. The van der Waals surface area contributed by atoms with Crippen molar-refractivity contribution >= 4 is 35.0 Å². The molecule has 0 aliphatic carbocycles. The average molecular weight is 657 g/mol. The van der Waals surface area contributed by atoms with Gasteiger partial charge in [0.05, 0.1) is 16.1 Å². The van der Waals surface area contributed by atoms with Crippen molar-refractivity contribution in [1.29, 1.82) is 0 Å². The molecule has 1 saturated heterocycles. The van der Waals surface area contributed by atoms with E-state index >= 15 is 0 Å². The third-order valence-corrected chi connectivity index (χ3v) is 7.54. The van der Waals surface area contributed by atoms with Crippen molar-refractivity contribution in [1.82, 2.24) is 20.0 Å². The van der Waals surface area contributed by atoms with Crippen LogP contribution in [-0.2, 0) is 29.3 Å². The maximum Gasteiger partial charge on any atom is 0.394 e. The predicted molar refractivity (Wildman–Crippen MR) is 149 cm³/mol. The van der Waals surface area contributed by atoms with E-state index < -0.39 is 42.1 Å². The zero-order chi connectivity index (χ0) is 32.7. The second-order valence-corrected chi connectivity index (χ2v) is 11.4. The highest BCUT2D eigenvalue weighted by atomic mass is 35.5. The van der Waals surface area contributed by atoms with Gasteiger partial charge in [-0.1, -0.05) is 38.4 Å². The molecule has 16 heteroatoms. The maximum absolute atomic E-state index is 13.4. The molecule has 0 saturated carbocycles. The molecule has 0 spiro atoms. The fraction of sp³-hybridized carbons (Fsp3) is 0.593. The van der Waals surface area contributed by atoms with E-state index in [0.29, 0.717) is 12.5 Å². The Hall–Kier alpha value is -3.07. The Kier molecular flexibility index (Phi) is 12.7. The number of likely N-dealkylation sites (tertiary alicyclic amines) is 1. The molecule has 9 nitrogen and oxygen atoms in total. The molecular weight excluding hydrogens is 623 g/mol. The number of nitrogens with one attached hydrogen (secondary N) is 1. The Morgan fingerprint density at radius 2 is 1.84 bits per heavy atom. The molecule has 240 valence electrons. The minimum absolute atomic E-state index is 0.0521. The van der Waals surface area contributed by atoms with Crippen molar-refractivity contribution in [3.05, 3.63) is 34.5 Å². The van der Waals surface area contributed by atoms with Crippen molar-refractivity contribution in [2.45, 2.75) is 79.3 Å². The minimum atomic E-state index is -4.51. The molecule has 1 aromatic carbocycles. The molecule has 43 heavy (non-hydrogen) atoms. The fourth-order valence-corrected chi connectivity index (χ4v) is 5.17. The number of amides is 2. The molecule has 1 aliphatic rings. The van der Waals surface area contributed by atoms with Crippen LogP contribution in [0.5, 0.6) is 5.75 Å². The van der Waals surface area contributed by atoms with E-state index in [4.69, 9.17) is 20.0 Å². The van der Waals surface area contributed by atoms with Crippen molar-refractivity contribution < 1.29 is 44.7 Å². The van der Waals surface area contributed by atoms with Gasteiger partial charge in [-0.15, -0.1) is 0 Å². The summed E-state index contributed by atoms with van der Waals surface area (Å²) in [5.41, 5.74) is -1.96. The van der Waals surface area contributed by atoms with Crippen LogP contribution < -0.4 is 10.1 Å². The van der Waals surface area contributed by atoms with Gasteiger partial charge in [-0.25, -0.2) is 0 Å². The number of hydrogen-bond donors (Lipinski definition) is 1. The number of hydrogen-bond acceptors (Lipinski definition) is 6. The number of carbonyl (C=O) groups is 2. The summed E-state index contributed by atoms with van der Waals surface area (Å²) in [6, 6.07) is 3.65. The summed E-state index contributed by atoms with van der Waals surface area (Å²) in [6.07, 6.45) is -3.36. The lowest BCUT2D eigenvalue weighted by Crippen LogP contribution is -2.50. The number of benzene rings is 1. The molecule has 2 atom stereocenters. The van der Waals surface area contributed by atoms with Crippen LogP contribution in [0.3, 0.4) is 0 Å². The Morgan fingerprint density at radius 3 is 2.37 bits per heavy atom. The van der Waals surface area contributed by atoms with Crippen molar-refractivity contribution in [2.75, 3.05) is 13.1 Å². The smallest absolute Gasteiger partial charge is 0.394 e. The van der Waals surface area contributed by atoms with Gasteiger partial charge in [0.25, 0.3) is 5.91 Å². The summed E-state index contributed by atoms with van der Waals surface area (Å²) in [4.78, 5) is 26.9. The standard InChI is InChI=1S/C27H34ClF5N4O3.O2S/c1-6-37-23(19-10-8-17(11-20(19)40-25(29)30)12-26(4,5)27(31,32)33)21(28)22(35-37)24(39)34-13-18-9-7-15(2)14-36(18)16(3)38;1-3-2/h8,10-11,15,18,25H,6-7,9,12-14H2,1-5H3,(H,34,39);/t15-,18+;/m0./s1. The van der Waals surface area contributed by atoms with Crippen molar-refractivity contribution in [2.24, 2.45) is 11.3 Å². The molecule has 0 radical (unpaired) electrons. The highest BCUT2D eigenvalue weighted by Gasteiger charge is 2.47. The fourth-order valence-electron chi connectivity index (χ4n) is 4.85. The number of aromatic nitrogens is 2. The largest absolute Gasteiger partial charge is 0.434 e. The SMILES string of the molecule is CCn1nc(C(=O)NC[C@H]2CC[C@H](C)CN2C(C)=O)c(Cl)c1-c1ccc(CC(C)(C)C(F)(F)F)cc1OC(F)F.O=S=O. The van der Waals surface area contributed by atoms with Gasteiger partial charge in [0.15, 0.2) is 5.69 Å². The van der Waals surface area contributed by atoms with Gasteiger partial charge in [-0.2, -0.15) is 35.5 Å². The van der Waals surface area contributed by atoms with Crippen LogP contribution in [0.4, 0.5) is 22.0 Å². The lowest BCUT2D eigenvalue weighted by atomic mass is 9.84. The lowest BCUT2D eigenvalue weighted by molar-refractivity contribution is -0.211. The Labute approximate surface area is 254 Å². The van der Waals surface area contributed by atoms with Crippen LogP contribution >= 0.6 is 11.6 Å². The summed E-state index contributed by atoms with van der Waals surface area (Å²) in [7, 11) is 0. The van der Waals surface area contributed by atoms with Gasteiger partial charge in [0, 0.05) is 38.2 Å². The van der Waals surface area contributed by atoms with E-state index in [0.717, 1.165) is 32.8 Å². The monoisotopic (exact) mass is 656 g/mol. The molecule has 1 N–H and O–H groups in total. The number of nitrogens with zero attached hydrogens (tertiary/aromatic N) is 3. The highest BCUT2D eigenvalue weighted by molar-refractivity contribution is 7.51. The summed E-state index contributed by atoms with van der Waals surface area (Å²) in [5.74, 6) is -0.735. The highest BCUT2D eigenvalue weighted by Crippen LogP contribution is 2.43. The number of piperidine rings is 1. The number of aryl methyl sites for hydroxylation is 1. The molecule has 2 amide bonds. The zero-order valence-electron chi connectivity index (χ0n) is 24.3. The van der Waals surface area contributed by atoms with Crippen LogP contribution in [-0.4, -0.2) is 66.8 Å². The Balaban J connectivity index is 0.00000206. The van der Waals surface area contributed by atoms with E-state index in [1.807, 2.05) is 0 Å². The average Bonchev–Trinajstić information content (AvgIpc) is 3.23. The first kappa shape index (κ1) is 36.1. The van der Waals surface area contributed by atoms with Crippen LogP contribution in [0.1, 0.15) is 63.5 Å². The summed E-state index contributed by atoms with van der Waals surface area (Å²) < 4.78 is 89.5. The number of carbonyl (C=O) groups excluding carboxylic acids is 2. The molecule has 1 aliphatic heterocycles. The van der Waals surface area contributed by atoms with Crippen molar-refractivity contribution in [3.63, 3.8) is 0 Å². The predicted octanol–water partition coefficient (Wildman–Crippen LogP) is 5.66. The summed E-state index contributed by atoms with van der Waals surface area (Å²) in [5, 5.41) is 6.92.